The van der Waals surface area contributed by atoms with Gasteiger partial charge in [-0.2, -0.15) is 0 Å². The minimum atomic E-state index is -0.864. The zero-order chi connectivity index (χ0) is 25.1. The Hall–Kier alpha value is -2.53. The highest BCUT2D eigenvalue weighted by molar-refractivity contribution is 5.87. The Bertz CT molecular complexity index is 1190. The lowest BCUT2D eigenvalue weighted by molar-refractivity contribution is -0.120. The Morgan fingerprint density at radius 2 is 1.67 bits per heavy atom. The number of hydrogen-bond acceptors (Lipinski definition) is 2. The summed E-state index contributed by atoms with van der Waals surface area (Å²) >= 11 is 0. The maximum atomic E-state index is 14.4. The molecule has 3 aromatic rings. The molecule has 192 valence electrons. The van der Waals surface area contributed by atoms with E-state index in [1.165, 1.54) is 44.2 Å². The van der Waals surface area contributed by atoms with E-state index >= 15 is 0 Å². The Morgan fingerprint density at radius 3 is 2.42 bits per heavy atom. The summed E-state index contributed by atoms with van der Waals surface area (Å²) < 4.78 is 30.5. The summed E-state index contributed by atoms with van der Waals surface area (Å²) in [6.45, 7) is 0.960. The average molecular weight is 493 g/mol. The summed E-state index contributed by atoms with van der Waals surface area (Å²) in [6, 6.07) is 12.7. The van der Waals surface area contributed by atoms with Crippen LogP contribution in [-0.2, 0) is 11.3 Å². The molecule has 3 nitrogen and oxygen atoms in total. The standard InChI is InChI=1S/C31H38F2N2O/c32-29-15-12-23(17-30(29)33)27(18-25(36)16-21-10-13-24(34)14-11-21)28-20-35(19-22-6-2-1-3-7-22)31-9-5-4-8-26(28)31/h4-5,8-9,12,15,17,20-22,24,27H,1-3,6-7,10-11,13-14,16,18-19,34H2. The highest BCUT2D eigenvalue weighted by atomic mass is 19.2. The van der Waals surface area contributed by atoms with Crippen molar-refractivity contribution in [3.05, 3.63) is 71.4 Å². The van der Waals surface area contributed by atoms with E-state index in [0.29, 0.717) is 30.2 Å². The highest BCUT2D eigenvalue weighted by Gasteiger charge is 2.27. The molecular formula is C31H38F2N2O. The van der Waals surface area contributed by atoms with Crippen molar-refractivity contribution in [2.24, 2.45) is 17.6 Å². The van der Waals surface area contributed by atoms with Crippen LogP contribution in [-0.4, -0.2) is 16.4 Å². The third-order valence-electron chi connectivity index (χ3n) is 8.56. The van der Waals surface area contributed by atoms with E-state index in [1.807, 2.05) is 6.07 Å². The van der Waals surface area contributed by atoms with Gasteiger partial charge in [0.2, 0.25) is 0 Å². The Kier molecular flexibility index (Phi) is 7.85. The zero-order valence-corrected chi connectivity index (χ0v) is 21.1. The molecule has 2 aromatic carbocycles. The van der Waals surface area contributed by atoms with Crippen molar-refractivity contribution in [1.29, 1.82) is 0 Å². The van der Waals surface area contributed by atoms with Crippen LogP contribution in [0.15, 0.2) is 48.7 Å². The first-order valence-electron chi connectivity index (χ1n) is 13.8. The first-order valence-corrected chi connectivity index (χ1v) is 13.8. The zero-order valence-electron chi connectivity index (χ0n) is 21.1. The average Bonchev–Trinajstić information content (AvgIpc) is 3.24. The first kappa shape index (κ1) is 25.1. The van der Waals surface area contributed by atoms with Crippen LogP contribution < -0.4 is 5.73 Å². The van der Waals surface area contributed by atoms with Gasteiger partial charge in [-0.25, -0.2) is 8.78 Å². The van der Waals surface area contributed by atoms with Crippen molar-refractivity contribution >= 4 is 16.7 Å². The molecule has 5 rings (SSSR count). The molecule has 0 amide bonds. The summed E-state index contributed by atoms with van der Waals surface area (Å²) in [4.78, 5) is 13.4. The number of ketones is 1. The third-order valence-corrected chi connectivity index (χ3v) is 8.56. The summed E-state index contributed by atoms with van der Waals surface area (Å²) in [5.41, 5.74) is 8.90. The van der Waals surface area contributed by atoms with Crippen molar-refractivity contribution in [1.82, 2.24) is 4.57 Å². The molecular weight excluding hydrogens is 454 g/mol. The maximum absolute atomic E-state index is 14.4. The fourth-order valence-electron chi connectivity index (χ4n) is 6.51. The molecule has 2 fully saturated rings. The molecule has 0 aliphatic heterocycles. The fraction of sp³-hybridized carbons (Fsp3) is 0.516. The monoisotopic (exact) mass is 492 g/mol. The summed E-state index contributed by atoms with van der Waals surface area (Å²) in [7, 11) is 0. The number of rotatable bonds is 8. The van der Waals surface area contributed by atoms with Gasteiger partial charge in [-0.15, -0.1) is 0 Å². The molecule has 0 bridgehead atoms. The lowest BCUT2D eigenvalue weighted by Gasteiger charge is -2.26. The lowest BCUT2D eigenvalue weighted by Crippen LogP contribution is -2.27. The molecule has 36 heavy (non-hydrogen) atoms. The van der Waals surface area contributed by atoms with E-state index in [4.69, 9.17) is 5.73 Å². The molecule has 2 aliphatic carbocycles. The topological polar surface area (TPSA) is 48.0 Å². The van der Waals surface area contributed by atoms with E-state index in [2.05, 4.69) is 29.0 Å². The van der Waals surface area contributed by atoms with Crippen LogP contribution in [0.2, 0.25) is 0 Å². The Balaban J connectivity index is 1.47. The van der Waals surface area contributed by atoms with Crippen molar-refractivity contribution in [3.8, 4) is 0 Å². The molecule has 1 heterocycles. The number of nitrogens with two attached hydrogens (primary N) is 1. The van der Waals surface area contributed by atoms with Gasteiger partial charge in [0.05, 0.1) is 0 Å². The SMILES string of the molecule is NC1CCC(CC(=O)CC(c2ccc(F)c(F)c2)c2cn(CC3CCCCC3)c3ccccc23)CC1. The molecule has 2 N–H and O–H groups in total. The van der Waals surface area contributed by atoms with Gasteiger partial charge >= 0.3 is 0 Å². The largest absolute Gasteiger partial charge is 0.347 e. The predicted molar refractivity (Wildman–Crippen MR) is 141 cm³/mol. The number of carbonyl (C=O) groups is 1. The molecule has 1 unspecified atom stereocenters. The predicted octanol–water partition coefficient (Wildman–Crippen LogP) is 7.50. The number of halogens is 2. The van der Waals surface area contributed by atoms with Crippen molar-refractivity contribution < 1.29 is 13.6 Å². The van der Waals surface area contributed by atoms with Crippen LogP contribution in [0.4, 0.5) is 8.78 Å². The van der Waals surface area contributed by atoms with Gasteiger partial charge in [0.15, 0.2) is 11.6 Å². The lowest BCUT2D eigenvalue weighted by atomic mass is 9.80. The van der Waals surface area contributed by atoms with Crippen LogP contribution in [0.1, 0.15) is 87.7 Å². The third kappa shape index (κ3) is 5.72. The van der Waals surface area contributed by atoms with Gasteiger partial charge in [-0.3, -0.25) is 4.79 Å². The van der Waals surface area contributed by atoms with Gasteiger partial charge in [-0.05, 0) is 79.7 Å². The molecule has 2 saturated carbocycles. The van der Waals surface area contributed by atoms with E-state index in [-0.39, 0.29) is 17.7 Å². The number of Topliss-reactive ketones (excluding diaryl/α,β-unsaturated/α-hetero) is 1. The van der Waals surface area contributed by atoms with Crippen molar-refractivity contribution in [2.45, 2.75) is 89.1 Å². The number of fused-ring (bicyclic) bond motifs is 1. The van der Waals surface area contributed by atoms with Crippen LogP contribution in [0.5, 0.6) is 0 Å². The first-order chi connectivity index (χ1) is 17.5. The van der Waals surface area contributed by atoms with Crippen LogP contribution >= 0.6 is 0 Å². The molecule has 0 radical (unpaired) electrons. The second-order valence-corrected chi connectivity index (χ2v) is 11.2. The van der Waals surface area contributed by atoms with Crippen molar-refractivity contribution in [2.75, 3.05) is 0 Å². The van der Waals surface area contributed by atoms with Gasteiger partial charge in [0, 0.05) is 48.4 Å². The van der Waals surface area contributed by atoms with Gasteiger partial charge < -0.3 is 10.3 Å². The summed E-state index contributed by atoms with van der Waals surface area (Å²) in [5, 5.41) is 1.10. The minimum absolute atomic E-state index is 0.189. The van der Waals surface area contributed by atoms with E-state index < -0.39 is 11.6 Å². The molecule has 0 saturated heterocycles. The number of nitrogens with zero attached hydrogens (tertiary/aromatic N) is 1. The van der Waals surface area contributed by atoms with Crippen LogP contribution in [0.25, 0.3) is 10.9 Å². The molecule has 2 aliphatic rings. The number of hydrogen-bond donors (Lipinski definition) is 1. The quantitative estimate of drug-likeness (QED) is 0.354. The maximum Gasteiger partial charge on any atom is 0.159 e. The van der Waals surface area contributed by atoms with Crippen LogP contribution in [0.3, 0.4) is 0 Å². The fourth-order valence-corrected chi connectivity index (χ4v) is 6.51. The number of aromatic nitrogens is 1. The number of carbonyl (C=O) groups excluding carboxylic acids is 1. The van der Waals surface area contributed by atoms with Crippen LogP contribution in [0, 0.1) is 23.5 Å². The molecule has 0 spiro atoms. The van der Waals surface area contributed by atoms with Gasteiger partial charge in [-0.1, -0.05) is 43.5 Å². The Labute approximate surface area is 213 Å². The van der Waals surface area contributed by atoms with Gasteiger partial charge in [0.25, 0.3) is 0 Å². The molecule has 1 aromatic heterocycles. The number of para-hydroxylation sites is 1. The molecule has 5 heteroatoms. The van der Waals surface area contributed by atoms with Gasteiger partial charge in [0.1, 0.15) is 5.78 Å². The number of benzene rings is 2. The second kappa shape index (κ2) is 11.2. The van der Waals surface area contributed by atoms with E-state index in [0.717, 1.165) is 48.7 Å². The van der Waals surface area contributed by atoms with E-state index in [1.54, 1.807) is 6.07 Å². The second-order valence-electron chi connectivity index (χ2n) is 11.2. The smallest absolute Gasteiger partial charge is 0.159 e. The van der Waals surface area contributed by atoms with Crippen molar-refractivity contribution in [3.63, 3.8) is 0 Å². The summed E-state index contributed by atoms with van der Waals surface area (Å²) in [5.74, 6) is -0.816. The Morgan fingerprint density at radius 1 is 0.917 bits per heavy atom. The molecule has 1 atom stereocenters. The normalized spacial score (nSPS) is 22.1. The van der Waals surface area contributed by atoms with E-state index in [9.17, 15) is 13.6 Å². The minimum Gasteiger partial charge on any atom is -0.347 e. The highest BCUT2D eigenvalue weighted by Crippen LogP contribution is 2.38. The summed E-state index contributed by atoms with van der Waals surface area (Å²) in [6.07, 6.45) is 13.3.